The third-order valence-electron chi connectivity index (χ3n) is 1.97. The van der Waals surface area contributed by atoms with Gasteiger partial charge < -0.3 is 19.6 Å². The molecule has 0 amide bonds. The van der Waals surface area contributed by atoms with Crippen LogP contribution in [-0.4, -0.2) is 36.5 Å². The lowest BCUT2D eigenvalue weighted by Gasteiger charge is -2.08. The van der Waals surface area contributed by atoms with Crippen LogP contribution in [0, 0.1) is 0 Å². The van der Waals surface area contributed by atoms with E-state index in [0.717, 1.165) is 12.2 Å². The van der Waals surface area contributed by atoms with Crippen molar-refractivity contribution in [3.8, 4) is 0 Å². The molecule has 1 heterocycles. The van der Waals surface area contributed by atoms with E-state index in [2.05, 4.69) is 10.3 Å². The number of methoxy groups -OCH3 is 1. The van der Waals surface area contributed by atoms with Crippen LogP contribution < -0.4 is 5.32 Å². The Morgan fingerprint density at radius 2 is 2.47 bits per heavy atom. The predicted octanol–water partition coefficient (Wildman–Crippen LogP) is 0.334. The first-order valence-electron chi connectivity index (χ1n) is 5.07. The first kappa shape index (κ1) is 12.2. The van der Waals surface area contributed by atoms with Gasteiger partial charge in [-0.05, 0) is 0 Å². The van der Waals surface area contributed by atoms with Gasteiger partial charge in [0.2, 0.25) is 5.89 Å². The average Bonchev–Trinajstić information content (AvgIpc) is 2.66. The molecule has 0 saturated carbocycles. The van der Waals surface area contributed by atoms with E-state index >= 15 is 0 Å². The van der Waals surface area contributed by atoms with E-state index in [9.17, 15) is 5.11 Å². The van der Waals surface area contributed by atoms with Crippen molar-refractivity contribution >= 4 is 0 Å². The molecule has 2 N–H and O–H groups in total. The van der Waals surface area contributed by atoms with Crippen LogP contribution in [0.4, 0.5) is 0 Å². The van der Waals surface area contributed by atoms with E-state index in [0.29, 0.717) is 25.6 Å². The maximum absolute atomic E-state index is 9.34. The maximum Gasteiger partial charge on any atom is 0.208 e. The van der Waals surface area contributed by atoms with Crippen LogP contribution >= 0.6 is 0 Å². The van der Waals surface area contributed by atoms with Crippen LogP contribution in [0.25, 0.3) is 0 Å². The number of ether oxygens (including phenoxy) is 1. The first-order valence-corrected chi connectivity index (χ1v) is 5.07. The Morgan fingerprint density at radius 3 is 3.07 bits per heavy atom. The molecule has 0 saturated heterocycles. The van der Waals surface area contributed by atoms with Crippen molar-refractivity contribution in [2.45, 2.75) is 26.0 Å². The monoisotopic (exact) mass is 214 g/mol. The normalized spacial score (nSPS) is 13.0. The van der Waals surface area contributed by atoms with Crippen LogP contribution in [0.5, 0.6) is 0 Å². The molecule has 5 heteroatoms. The number of hydrogen-bond acceptors (Lipinski definition) is 5. The number of hydrogen-bond donors (Lipinski definition) is 2. The Labute approximate surface area is 89.5 Å². The molecule has 1 atom stereocenters. The smallest absolute Gasteiger partial charge is 0.208 e. The second-order valence-electron chi connectivity index (χ2n) is 3.31. The Kier molecular flexibility index (Phi) is 5.31. The van der Waals surface area contributed by atoms with Crippen LogP contribution in [-0.2, 0) is 17.7 Å². The van der Waals surface area contributed by atoms with E-state index in [1.54, 1.807) is 13.3 Å². The Bertz CT molecular complexity index is 275. The zero-order chi connectivity index (χ0) is 11.1. The van der Waals surface area contributed by atoms with Gasteiger partial charge in [-0.15, -0.1) is 0 Å². The molecule has 0 aliphatic rings. The quantitative estimate of drug-likeness (QED) is 0.685. The number of aliphatic hydroxyl groups excluding tert-OH is 1. The molecular weight excluding hydrogens is 196 g/mol. The highest BCUT2D eigenvalue weighted by molar-refractivity contribution is 4.93. The van der Waals surface area contributed by atoms with Crippen LogP contribution in [0.3, 0.4) is 0 Å². The minimum absolute atomic E-state index is 0.332. The molecule has 1 rings (SSSR count). The number of nitrogens with zero attached hydrogens (tertiary/aromatic N) is 1. The second-order valence-corrected chi connectivity index (χ2v) is 3.31. The molecule has 0 radical (unpaired) electrons. The third-order valence-corrected chi connectivity index (χ3v) is 1.97. The number of oxazole rings is 1. The van der Waals surface area contributed by atoms with Crippen molar-refractivity contribution in [3.05, 3.63) is 17.8 Å². The van der Waals surface area contributed by atoms with Gasteiger partial charge in [0.1, 0.15) is 5.76 Å². The molecule has 0 bridgehead atoms. The molecule has 86 valence electrons. The molecule has 0 spiro atoms. The van der Waals surface area contributed by atoms with E-state index in [4.69, 9.17) is 9.15 Å². The number of aryl methyl sites for hydroxylation is 1. The minimum atomic E-state index is -0.490. The number of rotatable bonds is 7. The van der Waals surface area contributed by atoms with Crippen molar-refractivity contribution < 1.29 is 14.3 Å². The lowest BCUT2D eigenvalue weighted by atomic mass is 10.4. The highest BCUT2D eigenvalue weighted by Gasteiger charge is 2.05. The van der Waals surface area contributed by atoms with Gasteiger partial charge in [0, 0.05) is 20.1 Å². The van der Waals surface area contributed by atoms with Crippen molar-refractivity contribution in [2.24, 2.45) is 0 Å². The van der Waals surface area contributed by atoms with Gasteiger partial charge in [-0.2, -0.15) is 0 Å². The summed E-state index contributed by atoms with van der Waals surface area (Å²) in [7, 11) is 1.56. The Balaban J connectivity index is 2.19. The molecule has 1 aromatic heterocycles. The fraction of sp³-hybridized carbons (Fsp3) is 0.700. The van der Waals surface area contributed by atoms with E-state index in [-0.39, 0.29) is 0 Å². The summed E-state index contributed by atoms with van der Waals surface area (Å²) in [4.78, 5) is 4.09. The first-order chi connectivity index (χ1) is 7.26. The van der Waals surface area contributed by atoms with Crippen molar-refractivity contribution in [3.63, 3.8) is 0 Å². The van der Waals surface area contributed by atoms with Gasteiger partial charge in [0.05, 0.1) is 25.5 Å². The Morgan fingerprint density at radius 1 is 1.67 bits per heavy atom. The molecule has 5 nitrogen and oxygen atoms in total. The topological polar surface area (TPSA) is 67.5 Å². The standard InChI is InChI=1S/C10H18N2O3/c1-3-9-5-12-10(15-9)6-11-4-8(13)7-14-2/h5,8,11,13H,3-4,6-7H2,1-2H3. The number of nitrogens with one attached hydrogen (secondary N) is 1. The summed E-state index contributed by atoms with van der Waals surface area (Å²) in [6, 6.07) is 0. The van der Waals surface area contributed by atoms with Gasteiger partial charge in [-0.3, -0.25) is 0 Å². The maximum atomic E-state index is 9.34. The number of aliphatic hydroxyl groups is 1. The van der Waals surface area contributed by atoms with Crippen LogP contribution in [0.2, 0.25) is 0 Å². The summed E-state index contributed by atoms with van der Waals surface area (Å²) in [6.45, 7) is 3.34. The lowest BCUT2D eigenvalue weighted by Crippen LogP contribution is -2.29. The molecule has 1 unspecified atom stereocenters. The van der Waals surface area contributed by atoms with Gasteiger partial charge in [-0.1, -0.05) is 6.92 Å². The average molecular weight is 214 g/mol. The zero-order valence-corrected chi connectivity index (χ0v) is 9.19. The summed E-state index contributed by atoms with van der Waals surface area (Å²) in [5.41, 5.74) is 0. The highest BCUT2D eigenvalue weighted by atomic mass is 16.5. The van der Waals surface area contributed by atoms with Gasteiger partial charge in [0.25, 0.3) is 0 Å². The molecule has 0 aliphatic heterocycles. The van der Waals surface area contributed by atoms with Gasteiger partial charge >= 0.3 is 0 Å². The fourth-order valence-corrected chi connectivity index (χ4v) is 1.19. The Hall–Kier alpha value is -0.910. The summed E-state index contributed by atoms with van der Waals surface area (Å²) in [6.07, 6.45) is 2.08. The van der Waals surface area contributed by atoms with Crippen molar-refractivity contribution in [2.75, 3.05) is 20.3 Å². The summed E-state index contributed by atoms with van der Waals surface area (Å²) < 4.78 is 10.2. The molecule has 0 fully saturated rings. The molecular formula is C10H18N2O3. The largest absolute Gasteiger partial charge is 0.444 e. The van der Waals surface area contributed by atoms with Gasteiger partial charge in [-0.25, -0.2) is 4.98 Å². The van der Waals surface area contributed by atoms with E-state index < -0.39 is 6.10 Å². The molecule has 0 aliphatic carbocycles. The van der Waals surface area contributed by atoms with Crippen LogP contribution in [0.1, 0.15) is 18.6 Å². The van der Waals surface area contributed by atoms with Gasteiger partial charge in [0.15, 0.2) is 0 Å². The molecule has 15 heavy (non-hydrogen) atoms. The van der Waals surface area contributed by atoms with Crippen molar-refractivity contribution in [1.29, 1.82) is 0 Å². The van der Waals surface area contributed by atoms with E-state index in [1.165, 1.54) is 0 Å². The molecule has 0 aromatic carbocycles. The fourth-order valence-electron chi connectivity index (χ4n) is 1.19. The molecule has 1 aromatic rings. The lowest BCUT2D eigenvalue weighted by molar-refractivity contribution is 0.0640. The summed E-state index contributed by atoms with van der Waals surface area (Å²) in [5.74, 6) is 1.53. The number of aromatic nitrogens is 1. The highest BCUT2D eigenvalue weighted by Crippen LogP contribution is 2.03. The minimum Gasteiger partial charge on any atom is -0.444 e. The van der Waals surface area contributed by atoms with Crippen LogP contribution in [0.15, 0.2) is 10.6 Å². The predicted molar refractivity (Wildman–Crippen MR) is 55.5 cm³/mol. The van der Waals surface area contributed by atoms with Crippen molar-refractivity contribution in [1.82, 2.24) is 10.3 Å². The third kappa shape index (κ3) is 4.42. The summed E-state index contributed by atoms with van der Waals surface area (Å²) in [5, 5.41) is 12.4. The van der Waals surface area contributed by atoms with E-state index in [1.807, 2.05) is 6.92 Å². The zero-order valence-electron chi connectivity index (χ0n) is 9.19. The summed E-state index contributed by atoms with van der Waals surface area (Å²) >= 11 is 0. The second kappa shape index (κ2) is 6.55. The SMILES string of the molecule is CCc1cnc(CNCC(O)COC)o1.